The van der Waals surface area contributed by atoms with Gasteiger partial charge < -0.3 is 9.73 Å². The highest BCUT2D eigenvalue weighted by molar-refractivity contribution is 6.31. The number of aryl methyl sites for hydroxylation is 1. The summed E-state index contributed by atoms with van der Waals surface area (Å²) in [4.78, 5) is 16.2. The maximum absolute atomic E-state index is 11.9. The molecule has 1 N–H and O–H groups in total. The molecule has 3 aromatic rings. The van der Waals surface area contributed by atoms with Crippen LogP contribution in [0.1, 0.15) is 17.9 Å². The lowest BCUT2D eigenvalue weighted by Gasteiger charge is -2.06. The minimum atomic E-state index is -0.0535. The largest absolute Gasteiger partial charge is 0.441 e. The fourth-order valence-electron chi connectivity index (χ4n) is 2.17. The van der Waals surface area contributed by atoms with Gasteiger partial charge in [0.25, 0.3) is 0 Å². The van der Waals surface area contributed by atoms with Crippen LogP contribution in [0.2, 0.25) is 5.02 Å². The van der Waals surface area contributed by atoms with Crippen LogP contribution in [-0.4, -0.2) is 10.9 Å². The molecule has 5 heteroatoms. The highest BCUT2D eigenvalue weighted by Gasteiger charge is 2.08. The first kappa shape index (κ1) is 14.6. The Labute approximate surface area is 133 Å². The number of aromatic nitrogens is 1. The summed E-state index contributed by atoms with van der Waals surface area (Å²) in [6.07, 6.45) is 0.806. The molecule has 1 heterocycles. The molecule has 0 aliphatic carbocycles. The van der Waals surface area contributed by atoms with Gasteiger partial charge in [-0.25, -0.2) is 4.98 Å². The van der Waals surface area contributed by atoms with E-state index in [0.717, 1.165) is 16.7 Å². The third-order valence-electron chi connectivity index (χ3n) is 3.34. The number of halogens is 1. The van der Waals surface area contributed by atoms with Crippen LogP contribution in [-0.2, 0) is 17.8 Å². The molecule has 0 aliphatic rings. The van der Waals surface area contributed by atoms with E-state index < -0.39 is 0 Å². The quantitative estimate of drug-likeness (QED) is 0.780. The van der Waals surface area contributed by atoms with Gasteiger partial charge in [0.05, 0.1) is 0 Å². The van der Waals surface area contributed by atoms with E-state index in [9.17, 15) is 4.79 Å². The Morgan fingerprint density at radius 3 is 2.73 bits per heavy atom. The summed E-state index contributed by atoms with van der Waals surface area (Å²) in [5.74, 6) is 0.524. The van der Waals surface area contributed by atoms with E-state index in [1.807, 2.05) is 42.5 Å². The number of rotatable bonds is 5. The molecule has 1 aromatic heterocycles. The normalized spacial score (nSPS) is 10.8. The second-order valence-electron chi connectivity index (χ2n) is 4.94. The van der Waals surface area contributed by atoms with Crippen LogP contribution in [0.3, 0.4) is 0 Å². The smallest absolute Gasteiger partial charge is 0.220 e. The molecule has 0 fully saturated rings. The molecule has 22 heavy (non-hydrogen) atoms. The van der Waals surface area contributed by atoms with Crippen LogP contribution in [0.5, 0.6) is 0 Å². The minimum absolute atomic E-state index is 0.0535. The molecule has 0 aliphatic heterocycles. The average molecular weight is 315 g/mol. The Morgan fingerprint density at radius 1 is 1.14 bits per heavy atom. The number of carbonyl (C=O) groups is 1. The molecule has 1 amide bonds. The lowest BCUT2D eigenvalue weighted by molar-refractivity contribution is -0.121. The summed E-state index contributed by atoms with van der Waals surface area (Å²) >= 11 is 6.05. The number of benzene rings is 2. The topological polar surface area (TPSA) is 55.1 Å². The number of hydrogen-bond donors (Lipinski definition) is 1. The zero-order valence-electron chi connectivity index (χ0n) is 11.9. The molecule has 0 radical (unpaired) electrons. The molecule has 4 nitrogen and oxygen atoms in total. The molecule has 0 unspecified atom stereocenters. The molecule has 2 aromatic carbocycles. The molecule has 0 atom stereocenters. The van der Waals surface area contributed by atoms with Gasteiger partial charge >= 0.3 is 0 Å². The number of oxazole rings is 1. The molecule has 0 saturated heterocycles. The molecular weight excluding hydrogens is 300 g/mol. The third kappa shape index (κ3) is 3.46. The Bertz CT molecular complexity index is 765. The summed E-state index contributed by atoms with van der Waals surface area (Å²) in [6, 6.07) is 15.0. The van der Waals surface area contributed by atoms with Gasteiger partial charge in [0.2, 0.25) is 5.91 Å². The van der Waals surface area contributed by atoms with Crippen molar-refractivity contribution in [3.05, 3.63) is 65.0 Å². The van der Waals surface area contributed by atoms with Gasteiger partial charge in [0.15, 0.2) is 11.5 Å². The summed E-state index contributed by atoms with van der Waals surface area (Å²) in [5, 5.41) is 3.51. The first-order chi connectivity index (χ1) is 10.7. The average Bonchev–Trinajstić information content (AvgIpc) is 2.95. The van der Waals surface area contributed by atoms with Crippen LogP contribution in [0.15, 0.2) is 52.9 Å². The van der Waals surface area contributed by atoms with E-state index in [4.69, 9.17) is 16.0 Å². The Hall–Kier alpha value is -2.33. The van der Waals surface area contributed by atoms with Gasteiger partial charge in [-0.1, -0.05) is 41.9 Å². The second-order valence-corrected chi connectivity index (χ2v) is 5.35. The van der Waals surface area contributed by atoms with Gasteiger partial charge in [-0.05, 0) is 23.8 Å². The van der Waals surface area contributed by atoms with Crippen molar-refractivity contribution < 1.29 is 9.21 Å². The minimum Gasteiger partial charge on any atom is -0.441 e. The SMILES string of the molecule is O=C(CCc1nc2ccccc2o1)NCc1ccccc1Cl. The highest BCUT2D eigenvalue weighted by atomic mass is 35.5. The number of carbonyl (C=O) groups excluding carboxylic acids is 1. The predicted molar refractivity (Wildman–Crippen MR) is 85.6 cm³/mol. The summed E-state index contributed by atoms with van der Waals surface area (Å²) < 4.78 is 5.59. The number of amides is 1. The molecule has 0 bridgehead atoms. The molecule has 0 spiro atoms. The van der Waals surface area contributed by atoms with Crippen LogP contribution in [0, 0.1) is 0 Å². The monoisotopic (exact) mass is 314 g/mol. The van der Waals surface area contributed by atoms with Crippen molar-refractivity contribution in [3.8, 4) is 0 Å². The highest BCUT2D eigenvalue weighted by Crippen LogP contribution is 2.16. The lowest BCUT2D eigenvalue weighted by atomic mass is 10.2. The molecule has 112 valence electrons. The van der Waals surface area contributed by atoms with Crippen LogP contribution < -0.4 is 5.32 Å². The third-order valence-corrected chi connectivity index (χ3v) is 3.71. The van der Waals surface area contributed by atoms with Gasteiger partial charge in [0.1, 0.15) is 5.52 Å². The summed E-state index contributed by atoms with van der Waals surface area (Å²) in [6.45, 7) is 0.423. The van der Waals surface area contributed by atoms with Crippen molar-refractivity contribution in [3.63, 3.8) is 0 Å². The van der Waals surface area contributed by atoms with E-state index in [2.05, 4.69) is 10.3 Å². The van der Waals surface area contributed by atoms with Crippen molar-refractivity contribution in [2.24, 2.45) is 0 Å². The Kier molecular flexibility index (Phi) is 4.39. The van der Waals surface area contributed by atoms with Gasteiger partial charge in [0, 0.05) is 24.4 Å². The number of para-hydroxylation sites is 2. The van der Waals surface area contributed by atoms with E-state index in [1.54, 1.807) is 6.07 Å². The standard InChI is InChI=1S/C17H15ClN2O2/c18-13-6-2-1-5-12(13)11-19-16(21)9-10-17-20-14-7-3-4-8-15(14)22-17/h1-8H,9-11H2,(H,19,21). The van der Waals surface area contributed by atoms with E-state index in [-0.39, 0.29) is 5.91 Å². The predicted octanol–water partition coefficient (Wildman–Crippen LogP) is 3.73. The Balaban J connectivity index is 1.53. The number of hydrogen-bond acceptors (Lipinski definition) is 3. The van der Waals surface area contributed by atoms with E-state index in [1.165, 1.54) is 0 Å². The van der Waals surface area contributed by atoms with Crippen molar-refractivity contribution >= 4 is 28.6 Å². The Morgan fingerprint density at radius 2 is 1.91 bits per heavy atom. The maximum atomic E-state index is 11.9. The van der Waals surface area contributed by atoms with Gasteiger partial charge in [-0.15, -0.1) is 0 Å². The number of fused-ring (bicyclic) bond motifs is 1. The van der Waals surface area contributed by atoms with Crippen molar-refractivity contribution in [2.45, 2.75) is 19.4 Å². The lowest BCUT2D eigenvalue weighted by Crippen LogP contribution is -2.23. The second kappa shape index (κ2) is 6.62. The first-order valence-corrected chi connectivity index (χ1v) is 7.45. The zero-order valence-corrected chi connectivity index (χ0v) is 12.6. The van der Waals surface area contributed by atoms with Gasteiger partial charge in [-0.2, -0.15) is 0 Å². The fraction of sp³-hybridized carbons (Fsp3) is 0.176. The van der Waals surface area contributed by atoms with Crippen molar-refractivity contribution in [1.82, 2.24) is 10.3 Å². The fourth-order valence-corrected chi connectivity index (χ4v) is 2.37. The molecule has 3 rings (SSSR count). The van der Waals surface area contributed by atoms with Gasteiger partial charge in [-0.3, -0.25) is 4.79 Å². The summed E-state index contributed by atoms with van der Waals surface area (Å²) in [5.41, 5.74) is 2.46. The van der Waals surface area contributed by atoms with E-state index >= 15 is 0 Å². The van der Waals surface area contributed by atoms with Crippen LogP contribution in [0.25, 0.3) is 11.1 Å². The van der Waals surface area contributed by atoms with Crippen molar-refractivity contribution in [2.75, 3.05) is 0 Å². The first-order valence-electron chi connectivity index (χ1n) is 7.07. The van der Waals surface area contributed by atoms with Crippen LogP contribution in [0.4, 0.5) is 0 Å². The van der Waals surface area contributed by atoms with Crippen LogP contribution >= 0.6 is 11.6 Å². The number of nitrogens with one attached hydrogen (secondary N) is 1. The maximum Gasteiger partial charge on any atom is 0.220 e. The van der Waals surface area contributed by atoms with E-state index in [0.29, 0.717) is 30.3 Å². The number of nitrogens with zero attached hydrogens (tertiary/aromatic N) is 1. The molecular formula is C17H15ClN2O2. The summed E-state index contributed by atoms with van der Waals surface area (Å²) in [7, 11) is 0. The van der Waals surface area contributed by atoms with Crippen molar-refractivity contribution in [1.29, 1.82) is 0 Å². The zero-order chi connectivity index (χ0) is 15.4. The molecule has 0 saturated carbocycles.